The molecule has 1 aliphatic heterocycles. The molecule has 0 spiro atoms. The Labute approximate surface area is 158 Å². The molecule has 27 heavy (non-hydrogen) atoms. The highest BCUT2D eigenvalue weighted by atomic mass is 16.5. The molecule has 0 radical (unpaired) electrons. The lowest BCUT2D eigenvalue weighted by Crippen LogP contribution is -2.73. The summed E-state index contributed by atoms with van der Waals surface area (Å²) in [6, 6.07) is 22.5. The molecule has 2 heterocycles. The zero-order valence-electron chi connectivity index (χ0n) is 15.2. The van der Waals surface area contributed by atoms with Crippen LogP contribution in [0.1, 0.15) is 12.6 Å². The predicted octanol–water partition coefficient (Wildman–Crippen LogP) is 3.80. The summed E-state index contributed by atoms with van der Waals surface area (Å²) in [7, 11) is 1.62. The lowest BCUT2D eigenvalue weighted by atomic mass is 9.78. The Morgan fingerprint density at radius 3 is 2.26 bits per heavy atom. The predicted molar refractivity (Wildman–Crippen MR) is 103 cm³/mol. The van der Waals surface area contributed by atoms with Gasteiger partial charge in [0.1, 0.15) is 17.0 Å². The van der Waals surface area contributed by atoms with Crippen LogP contribution in [0.3, 0.4) is 0 Å². The van der Waals surface area contributed by atoms with E-state index in [-0.39, 0.29) is 5.91 Å². The van der Waals surface area contributed by atoms with Gasteiger partial charge in [0, 0.05) is 11.9 Å². The minimum Gasteiger partial charge on any atom is -0.497 e. The monoisotopic (exact) mass is 360 g/mol. The molecule has 5 nitrogen and oxygen atoms in total. The van der Waals surface area contributed by atoms with E-state index in [0.717, 1.165) is 17.1 Å². The van der Waals surface area contributed by atoms with Gasteiger partial charge in [-0.15, -0.1) is 0 Å². The molecule has 136 valence electrons. The number of nitrogens with zero attached hydrogens (tertiary/aromatic N) is 2. The van der Waals surface area contributed by atoms with Crippen molar-refractivity contribution >= 4 is 11.6 Å². The topological polar surface area (TPSA) is 51.7 Å². The summed E-state index contributed by atoms with van der Waals surface area (Å²) in [4.78, 5) is 19.3. The van der Waals surface area contributed by atoms with E-state index in [2.05, 4.69) is 4.98 Å². The number of rotatable bonds is 5. The Balaban J connectivity index is 1.73. The van der Waals surface area contributed by atoms with Crippen LogP contribution >= 0.6 is 0 Å². The fraction of sp³-hybridized carbons (Fsp3) is 0.182. The van der Waals surface area contributed by atoms with Crippen LogP contribution in [0, 0.1) is 0 Å². The molecule has 0 bridgehead atoms. The smallest absolute Gasteiger partial charge is 0.271 e. The van der Waals surface area contributed by atoms with Gasteiger partial charge in [-0.05, 0) is 55.5 Å². The summed E-state index contributed by atoms with van der Waals surface area (Å²) in [6.07, 6.45) is 1.08. The zero-order chi connectivity index (χ0) is 18.9. The molecule has 1 fully saturated rings. The van der Waals surface area contributed by atoms with Gasteiger partial charge in [-0.2, -0.15) is 0 Å². The number of carbonyl (C=O) groups is 1. The molecule has 2 atom stereocenters. The van der Waals surface area contributed by atoms with Crippen molar-refractivity contribution in [2.24, 2.45) is 0 Å². The van der Waals surface area contributed by atoms with Crippen LogP contribution in [0.15, 0.2) is 79.0 Å². The van der Waals surface area contributed by atoms with Crippen molar-refractivity contribution in [1.29, 1.82) is 0 Å². The average Bonchev–Trinajstić information content (AvgIpc) is 2.74. The lowest BCUT2D eigenvalue weighted by molar-refractivity contribution is -0.141. The van der Waals surface area contributed by atoms with E-state index >= 15 is 0 Å². The van der Waals surface area contributed by atoms with E-state index in [1.807, 2.05) is 79.7 Å². The Morgan fingerprint density at radius 2 is 1.63 bits per heavy atom. The molecule has 0 saturated carbocycles. The molecular weight excluding hydrogens is 340 g/mol. The lowest BCUT2D eigenvalue weighted by Gasteiger charge is -2.54. The second kappa shape index (κ2) is 6.76. The van der Waals surface area contributed by atoms with Gasteiger partial charge in [0.05, 0.1) is 12.8 Å². The quantitative estimate of drug-likeness (QED) is 0.650. The number of β-lactam (4-membered cyclic amide) rings is 1. The summed E-state index contributed by atoms with van der Waals surface area (Å²) in [5, 5.41) is 0. The maximum atomic E-state index is 13.1. The minimum absolute atomic E-state index is 0.0998. The van der Waals surface area contributed by atoms with Crippen LogP contribution in [-0.4, -0.2) is 24.1 Å². The number of anilines is 1. The molecule has 1 aliphatic rings. The third-order valence-corrected chi connectivity index (χ3v) is 4.93. The van der Waals surface area contributed by atoms with Gasteiger partial charge < -0.3 is 9.47 Å². The average molecular weight is 360 g/mol. The molecule has 5 heteroatoms. The number of hydrogen-bond acceptors (Lipinski definition) is 4. The first-order chi connectivity index (χ1) is 13.1. The third kappa shape index (κ3) is 2.81. The van der Waals surface area contributed by atoms with E-state index in [0.29, 0.717) is 5.75 Å². The van der Waals surface area contributed by atoms with Crippen LogP contribution in [-0.2, 0) is 10.3 Å². The standard InChI is InChI=1S/C22H20N2O3/c1-22(19-10-6-7-15-23-19)20(27-18-8-4-3-5-9-18)21(25)24(22)16-11-13-17(26-2)14-12-16/h3-15,20H,1-2H3. The van der Waals surface area contributed by atoms with E-state index in [4.69, 9.17) is 9.47 Å². The van der Waals surface area contributed by atoms with Gasteiger partial charge >= 0.3 is 0 Å². The van der Waals surface area contributed by atoms with Crippen molar-refractivity contribution in [2.45, 2.75) is 18.6 Å². The first-order valence-corrected chi connectivity index (χ1v) is 8.76. The fourth-order valence-corrected chi connectivity index (χ4v) is 3.48. The molecule has 4 rings (SSSR count). The second-order valence-electron chi connectivity index (χ2n) is 6.55. The largest absolute Gasteiger partial charge is 0.497 e. The van der Waals surface area contributed by atoms with Gasteiger partial charge in [-0.1, -0.05) is 24.3 Å². The molecule has 2 unspecified atom stereocenters. The fourth-order valence-electron chi connectivity index (χ4n) is 3.48. The van der Waals surface area contributed by atoms with E-state index in [1.54, 1.807) is 18.2 Å². The number of methoxy groups -OCH3 is 1. The van der Waals surface area contributed by atoms with Crippen LogP contribution in [0.2, 0.25) is 0 Å². The number of pyridine rings is 1. The number of benzene rings is 2. The summed E-state index contributed by atoms with van der Waals surface area (Å²) >= 11 is 0. The third-order valence-electron chi connectivity index (χ3n) is 4.93. The van der Waals surface area contributed by atoms with E-state index in [1.165, 1.54) is 0 Å². The Morgan fingerprint density at radius 1 is 0.926 bits per heavy atom. The minimum atomic E-state index is -0.719. The second-order valence-corrected chi connectivity index (χ2v) is 6.55. The van der Waals surface area contributed by atoms with Crippen molar-refractivity contribution in [3.8, 4) is 11.5 Å². The van der Waals surface area contributed by atoms with Crippen LogP contribution < -0.4 is 14.4 Å². The first-order valence-electron chi connectivity index (χ1n) is 8.76. The van der Waals surface area contributed by atoms with Crippen molar-refractivity contribution in [3.63, 3.8) is 0 Å². The summed E-state index contributed by atoms with van der Waals surface area (Å²) in [5.41, 5.74) is 0.839. The molecule has 1 saturated heterocycles. The Hall–Kier alpha value is -3.34. The molecule has 0 aliphatic carbocycles. The van der Waals surface area contributed by atoms with Crippen molar-refractivity contribution in [2.75, 3.05) is 12.0 Å². The summed E-state index contributed by atoms with van der Waals surface area (Å²) in [5.74, 6) is 1.30. The van der Waals surface area contributed by atoms with Crippen LogP contribution in [0.25, 0.3) is 0 Å². The number of para-hydroxylation sites is 1. The number of ether oxygens (including phenoxy) is 2. The molecule has 1 amide bonds. The number of aromatic nitrogens is 1. The van der Waals surface area contributed by atoms with Crippen molar-refractivity contribution in [1.82, 2.24) is 4.98 Å². The Bertz CT molecular complexity index is 929. The number of amides is 1. The van der Waals surface area contributed by atoms with Gasteiger partial charge in [-0.3, -0.25) is 14.7 Å². The molecule has 1 aromatic heterocycles. The Kier molecular flexibility index (Phi) is 4.28. The van der Waals surface area contributed by atoms with Gasteiger partial charge in [-0.25, -0.2) is 0 Å². The zero-order valence-corrected chi connectivity index (χ0v) is 15.2. The highest BCUT2D eigenvalue weighted by Crippen LogP contribution is 2.45. The number of hydrogen-bond donors (Lipinski definition) is 0. The molecular formula is C22H20N2O3. The maximum Gasteiger partial charge on any atom is 0.271 e. The van der Waals surface area contributed by atoms with Gasteiger partial charge in [0.2, 0.25) is 6.10 Å². The van der Waals surface area contributed by atoms with Gasteiger partial charge in [0.15, 0.2) is 0 Å². The van der Waals surface area contributed by atoms with Crippen LogP contribution in [0.5, 0.6) is 11.5 Å². The van der Waals surface area contributed by atoms with Crippen molar-refractivity contribution < 1.29 is 14.3 Å². The van der Waals surface area contributed by atoms with Gasteiger partial charge in [0.25, 0.3) is 5.91 Å². The normalized spacial score (nSPS) is 21.5. The SMILES string of the molecule is COc1ccc(N2C(=O)C(Oc3ccccc3)C2(C)c2ccccn2)cc1. The summed E-state index contributed by atoms with van der Waals surface area (Å²) in [6.45, 7) is 1.98. The first kappa shape index (κ1) is 17.1. The van der Waals surface area contributed by atoms with Crippen molar-refractivity contribution in [3.05, 3.63) is 84.7 Å². The number of carbonyl (C=O) groups excluding carboxylic acids is 1. The molecule has 0 N–H and O–H groups in total. The highest BCUT2D eigenvalue weighted by Gasteiger charge is 2.61. The molecule has 3 aromatic rings. The van der Waals surface area contributed by atoms with E-state index in [9.17, 15) is 4.79 Å². The maximum absolute atomic E-state index is 13.1. The van der Waals surface area contributed by atoms with E-state index < -0.39 is 11.6 Å². The summed E-state index contributed by atoms with van der Waals surface area (Å²) < 4.78 is 11.3. The van der Waals surface area contributed by atoms with Crippen LogP contribution in [0.4, 0.5) is 5.69 Å². The molecule has 2 aromatic carbocycles. The highest BCUT2D eigenvalue weighted by molar-refractivity contribution is 6.07.